The van der Waals surface area contributed by atoms with Crippen molar-refractivity contribution < 1.29 is 24.5 Å². The van der Waals surface area contributed by atoms with Gasteiger partial charge in [-0.05, 0) is 31.9 Å². The highest BCUT2D eigenvalue weighted by Gasteiger charge is 2.34. The third-order valence-electron chi connectivity index (χ3n) is 3.25. The number of carbonyl (C=O) groups is 2. The number of aliphatic carboxylic acids is 1. The molecule has 0 unspecified atom stereocenters. The van der Waals surface area contributed by atoms with Crippen LogP contribution in [0.2, 0.25) is 0 Å². The molecule has 0 bridgehead atoms. The van der Waals surface area contributed by atoms with E-state index < -0.39 is 17.2 Å². The van der Waals surface area contributed by atoms with Crippen LogP contribution >= 0.6 is 11.8 Å². The number of ether oxygens (including phenoxy) is 1. The number of hydrogen-bond donors (Lipinski definition) is 2. The molecule has 102 valence electrons. The molecule has 0 aliphatic carbocycles. The maximum atomic E-state index is 11.8. The zero-order valence-electron chi connectivity index (χ0n) is 10.8. The number of carboxylic acids is 1. The van der Waals surface area contributed by atoms with Gasteiger partial charge in [0.25, 0.3) is 0 Å². The Morgan fingerprint density at radius 2 is 1.89 bits per heavy atom. The first kappa shape index (κ1) is 13.7. The topological polar surface area (TPSA) is 83.8 Å². The van der Waals surface area contributed by atoms with Crippen molar-refractivity contribution in [1.82, 2.24) is 0 Å². The second-order valence-corrected chi connectivity index (χ2v) is 5.72. The van der Waals surface area contributed by atoms with E-state index in [9.17, 15) is 14.7 Å². The fraction of sp³-hybridized carbons (Fsp3) is 0.385. The highest BCUT2D eigenvalue weighted by atomic mass is 32.2. The number of carboxylic acid groups (broad SMARTS) is 1. The lowest BCUT2D eigenvalue weighted by Crippen LogP contribution is -2.29. The fourth-order valence-electron chi connectivity index (χ4n) is 1.98. The van der Waals surface area contributed by atoms with Gasteiger partial charge in [-0.15, -0.1) is 11.8 Å². The summed E-state index contributed by atoms with van der Waals surface area (Å²) in [5.41, 5.74) is 1.99. The van der Waals surface area contributed by atoms with E-state index in [-0.39, 0.29) is 12.2 Å². The molecule has 1 heterocycles. The minimum Gasteiger partial charge on any atom is -0.507 e. The predicted octanol–water partition coefficient (Wildman–Crippen LogP) is 2.17. The summed E-state index contributed by atoms with van der Waals surface area (Å²) in [6.45, 7) is 5.24. The first-order valence-electron chi connectivity index (χ1n) is 5.75. The van der Waals surface area contributed by atoms with Crippen molar-refractivity contribution >= 4 is 23.7 Å². The van der Waals surface area contributed by atoms with Gasteiger partial charge in [0.15, 0.2) is 0 Å². The molecule has 0 saturated heterocycles. The lowest BCUT2D eigenvalue weighted by Gasteiger charge is -2.26. The molecule has 5 nitrogen and oxygen atoms in total. The zero-order chi connectivity index (χ0) is 14.3. The number of aromatic hydroxyl groups is 1. The van der Waals surface area contributed by atoms with Crippen LogP contribution in [0, 0.1) is 20.8 Å². The van der Waals surface area contributed by atoms with Crippen LogP contribution in [0.4, 0.5) is 0 Å². The van der Waals surface area contributed by atoms with Crippen molar-refractivity contribution in [2.75, 3.05) is 0 Å². The molecule has 2 rings (SSSR count). The number of fused-ring (bicyclic) bond motifs is 1. The predicted molar refractivity (Wildman–Crippen MR) is 69.9 cm³/mol. The molecule has 1 aromatic carbocycles. The summed E-state index contributed by atoms with van der Waals surface area (Å²) in [6, 6.07) is 0. The van der Waals surface area contributed by atoms with Gasteiger partial charge in [-0.2, -0.15) is 0 Å². The summed E-state index contributed by atoms with van der Waals surface area (Å²) in [5, 5.41) is 18.0. The Morgan fingerprint density at radius 1 is 1.26 bits per heavy atom. The van der Waals surface area contributed by atoms with E-state index in [0.29, 0.717) is 27.3 Å². The molecule has 0 amide bonds. The molecule has 19 heavy (non-hydrogen) atoms. The highest BCUT2D eigenvalue weighted by Crippen LogP contribution is 2.47. The largest absolute Gasteiger partial charge is 0.507 e. The van der Waals surface area contributed by atoms with Crippen molar-refractivity contribution in [3.63, 3.8) is 0 Å². The van der Waals surface area contributed by atoms with Crippen molar-refractivity contribution in [2.24, 2.45) is 0 Å². The first-order valence-corrected chi connectivity index (χ1v) is 6.63. The molecule has 1 aliphatic heterocycles. The number of rotatable bonds is 2. The SMILES string of the molecule is Cc1c(C)c2c(c(C)c1O)S[C@@H](CC(=O)O)C(=O)O2. The molecule has 6 heteroatoms. The first-order chi connectivity index (χ1) is 8.82. The van der Waals surface area contributed by atoms with Gasteiger partial charge in [0, 0.05) is 5.56 Å². The summed E-state index contributed by atoms with van der Waals surface area (Å²) in [4.78, 5) is 23.2. The Morgan fingerprint density at radius 3 is 2.47 bits per heavy atom. The molecule has 0 radical (unpaired) electrons. The van der Waals surface area contributed by atoms with E-state index in [4.69, 9.17) is 9.84 Å². The van der Waals surface area contributed by atoms with Crippen LogP contribution in [-0.2, 0) is 9.59 Å². The average molecular weight is 282 g/mol. The summed E-state index contributed by atoms with van der Waals surface area (Å²) in [6.07, 6.45) is -0.296. The average Bonchev–Trinajstić information content (AvgIpc) is 2.35. The summed E-state index contributed by atoms with van der Waals surface area (Å²) < 4.78 is 5.26. The van der Waals surface area contributed by atoms with E-state index in [0.717, 1.165) is 11.8 Å². The van der Waals surface area contributed by atoms with Crippen LogP contribution in [0.25, 0.3) is 0 Å². The molecule has 1 aromatic rings. The Bertz CT molecular complexity index is 579. The molecule has 1 aliphatic rings. The number of phenolic OH excluding ortho intramolecular Hbond substituents is 1. The van der Waals surface area contributed by atoms with E-state index in [1.807, 2.05) is 0 Å². The Balaban J connectivity index is 2.50. The highest BCUT2D eigenvalue weighted by molar-refractivity contribution is 8.00. The lowest BCUT2D eigenvalue weighted by atomic mass is 10.0. The van der Waals surface area contributed by atoms with Crippen molar-refractivity contribution in [3.8, 4) is 11.5 Å². The third kappa shape index (κ3) is 2.28. The molecule has 2 N–H and O–H groups in total. The van der Waals surface area contributed by atoms with Gasteiger partial charge in [0.1, 0.15) is 16.7 Å². The Labute approximate surface area is 114 Å². The molecule has 0 fully saturated rings. The quantitative estimate of drug-likeness (QED) is 0.639. The van der Waals surface area contributed by atoms with Crippen LogP contribution in [0.15, 0.2) is 4.90 Å². The minimum absolute atomic E-state index is 0.163. The lowest BCUT2D eigenvalue weighted by molar-refractivity contribution is -0.142. The number of esters is 1. The summed E-state index contributed by atoms with van der Waals surface area (Å²) in [7, 11) is 0. The molecule has 1 atom stereocenters. The van der Waals surface area contributed by atoms with E-state index >= 15 is 0 Å². The van der Waals surface area contributed by atoms with Crippen LogP contribution in [0.5, 0.6) is 11.5 Å². The van der Waals surface area contributed by atoms with Crippen molar-refractivity contribution in [1.29, 1.82) is 0 Å². The van der Waals surface area contributed by atoms with Gasteiger partial charge in [0.2, 0.25) is 0 Å². The Kier molecular flexibility index (Phi) is 3.45. The molecule has 0 saturated carbocycles. The van der Waals surface area contributed by atoms with Crippen LogP contribution in [0.1, 0.15) is 23.1 Å². The van der Waals surface area contributed by atoms with E-state index in [2.05, 4.69) is 0 Å². The maximum Gasteiger partial charge on any atom is 0.325 e. The standard InChI is InChI=1S/C13H14O5S/c1-5-6(2)11-12(7(3)10(5)16)19-8(4-9(14)15)13(17)18-11/h8,16H,4H2,1-3H3,(H,14,15)/t8-/m0/s1. The van der Waals surface area contributed by atoms with Gasteiger partial charge < -0.3 is 14.9 Å². The van der Waals surface area contributed by atoms with Crippen molar-refractivity contribution in [3.05, 3.63) is 16.7 Å². The van der Waals surface area contributed by atoms with Gasteiger partial charge in [-0.3, -0.25) is 9.59 Å². The smallest absolute Gasteiger partial charge is 0.325 e. The zero-order valence-corrected chi connectivity index (χ0v) is 11.6. The number of hydrogen-bond acceptors (Lipinski definition) is 5. The van der Waals surface area contributed by atoms with Crippen LogP contribution in [-0.4, -0.2) is 27.4 Å². The molecular weight excluding hydrogens is 268 g/mol. The van der Waals surface area contributed by atoms with Gasteiger partial charge in [0.05, 0.1) is 11.3 Å². The number of carbonyl (C=O) groups excluding carboxylic acids is 1. The van der Waals surface area contributed by atoms with Crippen molar-refractivity contribution in [2.45, 2.75) is 37.3 Å². The van der Waals surface area contributed by atoms with Gasteiger partial charge in [-0.25, -0.2) is 0 Å². The molecule has 0 spiro atoms. The summed E-state index contributed by atoms with van der Waals surface area (Å²) >= 11 is 1.14. The second kappa shape index (κ2) is 4.77. The maximum absolute atomic E-state index is 11.8. The van der Waals surface area contributed by atoms with Crippen LogP contribution < -0.4 is 4.74 Å². The second-order valence-electron chi connectivity index (χ2n) is 4.51. The monoisotopic (exact) mass is 282 g/mol. The fourth-order valence-corrected chi connectivity index (χ4v) is 3.21. The third-order valence-corrected chi connectivity index (χ3v) is 4.62. The normalized spacial score (nSPS) is 17.8. The molecule has 0 aromatic heterocycles. The Hall–Kier alpha value is -1.69. The number of benzene rings is 1. The number of thioether (sulfide) groups is 1. The number of phenols is 1. The van der Waals surface area contributed by atoms with E-state index in [1.54, 1.807) is 20.8 Å². The minimum atomic E-state index is -1.05. The summed E-state index contributed by atoms with van der Waals surface area (Å²) in [5.74, 6) is -1.00. The van der Waals surface area contributed by atoms with Gasteiger partial charge >= 0.3 is 11.9 Å². The van der Waals surface area contributed by atoms with Gasteiger partial charge in [-0.1, -0.05) is 0 Å². The van der Waals surface area contributed by atoms with E-state index in [1.165, 1.54) is 0 Å². The molecular formula is C13H14O5S. The van der Waals surface area contributed by atoms with Crippen LogP contribution in [0.3, 0.4) is 0 Å².